The first-order valence-corrected chi connectivity index (χ1v) is 9.12. The van der Waals surface area contributed by atoms with Crippen molar-refractivity contribution in [2.75, 3.05) is 0 Å². The topological polar surface area (TPSA) is 88.1 Å². The summed E-state index contributed by atoms with van der Waals surface area (Å²) in [5, 5.41) is 7.65. The predicted molar refractivity (Wildman–Crippen MR) is 102 cm³/mol. The molecular formula is C19H16FN3O4S. The van der Waals surface area contributed by atoms with E-state index in [4.69, 9.17) is 4.74 Å². The lowest BCUT2D eigenvalue weighted by Gasteiger charge is -2.19. The first kappa shape index (κ1) is 19.6. The molecule has 2 aromatic carbocycles. The number of rotatable bonds is 3. The molecule has 1 N–H and O–H groups in total. The van der Waals surface area contributed by atoms with Gasteiger partial charge in [0.15, 0.2) is 5.17 Å². The molecule has 1 unspecified atom stereocenters. The maximum Gasteiger partial charge on any atom is 0.346 e. The Morgan fingerprint density at radius 2 is 1.89 bits per heavy atom. The van der Waals surface area contributed by atoms with Gasteiger partial charge in [0.2, 0.25) is 11.8 Å². The molecule has 7 nitrogen and oxygen atoms in total. The van der Waals surface area contributed by atoms with E-state index in [0.29, 0.717) is 10.7 Å². The largest absolute Gasteiger partial charge is 0.423 e. The molecule has 1 aliphatic heterocycles. The number of hydrogen-bond acceptors (Lipinski definition) is 6. The molecule has 0 bridgehead atoms. The Morgan fingerprint density at radius 1 is 1.14 bits per heavy atom. The lowest BCUT2D eigenvalue weighted by Crippen LogP contribution is -2.25. The summed E-state index contributed by atoms with van der Waals surface area (Å²) < 4.78 is 19.0. The highest BCUT2D eigenvalue weighted by Crippen LogP contribution is 2.39. The van der Waals surface area contributed by atoms with Crippen LogP contribution in [0.4, 0.5) is 4.39 Å². The molecule has 0 aromatic heterocycles. The Labute approximate surface area is 164 Å². The highest BCUT2D eigenvalue weighted by atomic mass is 32.2. The minimum Gasteiger partial charge on any atom is -0.423 e. The van der Waals surface area contributed by atoms with Gasteiger partial charge in [-0.25, -0.2) is 14.2 Å². The van der Waals surface area contributed by atoms with Crippen molar-refractivity contribution in [3.63, 3.8) is 0 Å². The van der Waals surface area contributed by atoms with Crippen molar-refractivity contribution in [3.05, 3.63) is 65.5 Å². The second kappa shape index (κ2) is 8.22. The van der Waals surface area contributed by atoms with E-state index < -0.39 is 17.2 Å². The minimum atomic E-state index is -0.826. The number of hydrazone groups is 1. The molecule has 144 valence electrons. The van der Waals surface area contributed by atoms with Gasteiger partial charge in [-0.2, -0.15) is 0 Å². The molecule has 28 heavy (non-hydrogen) atoms. The molecule has 9 heteroatoms. The summed E-state index contributed by atoms with van der Waals surface area (Å²) in [7, 11) is 0. The number of amidine groups is 1. The first-order chi connectivity index (χ1) is 13.3. The van der Waals surface area contributed by atoms with Crippen molar-refractivity contribution >= 4 is 34.7 Å². The number of halogens is 1. The van der Waals surface area contributed by atoms with Crippen molar-refractivity contribution in [2.45, 2.75) is 19.2 Å². The van der Waals surface area contributed by atoms with Gasteiger partial charge >= 0.3 is 5.97 Å². The Bertz CT molecular complexity index is 979. The molecule has 3 rings (SSSR count). The zero-order valence-corrected chi connectivity index (χ0v) is 15.8. The number of carbonyl (C=O) groups is 3. The molecule has 1 atom stereocenters. The van der Waals surface area contributed by atoms with E-state index in [9.17, 15) is 18.8 Å². The zero-order valence-electron chi connectivity index (χ0n) is 15.0. The molecule has 1 aliphatic rings. The third-order valence-corrected chi connectivity index (χ3v) is 4.80. The van der Waals surface area contributed by atoms with E-state index in [2.05, 4.69) is 10.4 Å². The number of nitrogens with one attached hydrogen (secondary N) is 1. The number of benzene rings is 2. The van der Waals surface area contributed by atoms with Crippen LogP contribution in [0.15, 0.2) is 53.6 Å². The lowest BCUT2D eigenvalue weighted by molar-refractivity contribution is -0.129. The quantitative estimate of drug-likeness (QED) is 0.631. The van der Waals surface area contributed by atoms with Crippen LogP contribution in [0.2, 0.25) is 0 Å². The summed E-state index contributed by atoms with van der Waals surface area (Å²) in [4.78, 5) is 35.4. The third kappa shape index (κ3) is 4.37. The van der Waals surface area contributed by atoms with Crippen molar-refractivity contribution in [1.82, 2.24) is 10.3 Å². The maximum atomic E-state index is 13.8. The molecule has 0 saturated heterocycles. The highest BCUT2D eigenvalue weighted by Gasteiger charge is 2.32. The second-order valence-electron chi connectivity index (χ2n) is 5.86. The van der Waals surface area contributed by atoms with E-state index in [-0.39, 0.29) is 23.1 Å². The van der Waals surface area contributed by atoms with Crippen LogP contribution in [0.25, 0.3) is 0 Å². The van der Waals surface area contributed by atoms with E-state index in [1.807, 2.05) is 0 Å². The van der Waals surface area contributed by atoms with Crippen molar-refractivity contribution < 1.29 is 23.5 Å². The van der Waals surface area contributed by atoms with Gasteiger partial charge in [0.05, 0.1) is 5.56 Å². The molecule has 0 radical (unpaired) electrons. The molecule has 0 saturated carbocycles. The van der Waals surface area contributed by atoms with E-state index in [1.54, 1.807) is 24.3 Å². The van der Waals surface area contributed by atoms with Gasteiger partial charge in [-0.15, -0.1) is 5.10 Å². The predicted octanol–water partition coefficient (Wildman–Crippen LogP) is 3.05. The van der Waals surface area contributed by atoms with Crippen molar-refractivity contribution in [2.24, 2.45) is 5.10 Å². The van der Waals surface area contributed by atoms with Crippen LogP contribution in [0, 0.1) is 5.82 Å². The fraction of sp³-hybridized carbons (Fsp3) is 0.158. The van der Waals surface area contributed by atoms with Gasteiger partial charge in [0.25, 0.3) is 0 Å². The summed E-state index contributed by atoms with van der Waals surface area (Å²) in [6, 6.07) is 12.0. The minimum absolute atomic E-state index is 0.176. The van der Waals surface area contributed by atoms with Crippen LogP contribution in [0.5, 0.6) is 5.75 Å². The molecule has 1 heterocycles. The number of thioether (sulfide) groups is 1. The van der Waals surface area contributed by atoms with E-state index >= 15 is 0 Å². The third-order valence-electron chi connectivity index (χ3n) is 3.70. The Balaban J connectivity index is 1.81. The number of nitrogens with zero attached hydrogens (tertiary/aromatic N) is 2. The van der Waals surface area contributed by atoms with Crippen LogP contribution in [0.3, 0.4) is 0 Å². The monoisotopic (exact) mass is 401 g/mol. The van der Waals surface area contributed by atoms with E-state index in [1.165, 1.54) is 54.9 Å². The summed E-state index contributed by atoms with van der Waals surface area (Å²) in [5.41, 5.74) is 0.452. The van der Waals surface area contributed by atoms with Gasteiger partial charge in [-0.3, -0.25) is 9.59 Å². The second-order valence-corrected chi connectivity index (χ2v) is 6.93. The van der Waals surface area contributed by atoms with Crippen molar-refractivity contribution in [1.29, 1.82) is 0 Å². The number of hydrogen-bond donors (Lipinski definition) is 1. The first-order valence-electron chi connectivity index (χ1n) is 8.24. The maximum absolute atomic E-state index is 13.8. The van der Waals surface area contributed by atoms with Crippen LogP contribution in [0.1, 0.15) is 35.1 Å². The number of amides is 2. The fourth-order valence-electron chi connectivity index (χ4n) is 2.50. The zero-order chi connectivity index (χ0) is 20.3. The summed E-state index contributed by atoms with van der Waals surface area (Å²) in [6.07, 6.45) is 0. The number of carbonyl (C=O) groups excluding carboxylic acids is 3. The average molecular weight is 401 g/mol. The average Bonchev–Trinajstić information content (AvgIpc) is 3.05. The lowest BCUT2D eigenvalue weighted by atomic mass is 10.2. The van der Waals surface area contributed by atoms with Gasteiger partial charge in [0, 0.05) is 13.8 Å². The SMILES string of the molecule is CC(=O)NC1=NN(C(C)=O)C(c2cccc(OC(=O)c3ccccc3F)c2)S1. The van der Waals surface area contributed by atoms with Crippen LogP contribution >= 0.6 is 11.8 Å². The van der Waals surface area contributed by atoms with Gasteiger partial charge in [-0.1, -0.05) is 36.0 Å². The summed E-state index contributed by atoms with van der Waals surface area (Å²) in [5.74, 6) is -1.92. The molecule has 0 spiro atoms. The fourth-order valence-corrected chi connectivity index (χ4v) is 3.63. The van der Waals surface area contributed by atoms with Crippen LogP contribution < -0.4 is 10.1 Å². The molecular weight excluding hydrogens is 385 g/mol. The van der Waals surface area contributed by atoms with Crippen LogP contribution in [-0.2, 0) is 9.59 Å². The number of ether oxygens (including phenoxy) is 1. The molecule has 2 aromatic rings. The van der Waals surface area contributed by atoms with E-state index in [0.717, 1.165) is 0 Å². The number of esters is 1. The van der Waals surface area contributed by atoms with Crippen molar-refractivity contribution in [3.8, 4) is 5.75 Å². The smallest absolute Gasteiger partial charge is 0.346 e. The van der Waals surface area contributed by atoms with Gasteiger partial charge in [-0.05, 0) is 29.8 Å². The Kier molecular flexibility index (Phi) is 5.74. The molecule has 0 fully saturated rings. The molecule has 2 amide bonds. The van der Waals surface area contributed by atoms with Gasteiger partial charge in [0.1, 0.15) is 16.9 Å². The Morgan fingerprint density at radius 3 is 2.57 bits per heavy atom. The summed E-state index contributed by atoms with van der Waals surface area (Å²) >= 11 is 1.18. The summed E-state index contributed by atoms with van der Waals surface area (Å²) in [6.45, 7) is 2.70. The Hall–Kier alpha value is -3.20. The highest BCUT2D eigenvalue weighted by molar-refractivity contribution is 8.14. The van der Waals surface area contributed by atoms with Crippen LogP contribution in [-0.4, -0.2) is 28.0 Å². The molecule has 0 aliphatic carbocycles. The van der Waals surface area contributed by atoms with Gasteiger partial charge < -0.3 is 10.1 Å². The normalized spacial score (nSPS) is 15.8. The standard InChI is InChI=1S/C19H16FN3O4S/c1-11(24)21-19-22-23(12(2)25)17(28-19)13-6-5-7-14(10-13)27-18(26)15-8-3-4-9-16(15)20/h3-10,17H,1-2H3,(H,21,22,24).